The molecule has 0 aromatic carbocycles. The molecule has 0 aliphatic carbocycles. The third-order valence-electron chi connectivity index (χ3n) is 6.57. The summed E-state index contributed by atoms with van der Waals surface area (Å²) in [6.45, 7) is 5.71. The van der Waals surface area contributed by atoms with Crippen LogP contribution < -0.4 is 10.6 Å². The normalized spacial score (nSPS) is 19.9. The third kappa shape index (κ3) is 5.03. The van der Waals surface area contributed by atoms with Crippen LogP contribution >= 0.6 is 23.2 Å². The minimum atomic E-state index is -1.16. The highest BCUT2D eigenvalue weighted by Crippen LogP contribution is 2.29. The Morgan fingerprint density at radius 1 is 1.15 bits per heavy atom. The lowest BCUT2D eigenvalue weighted by atomic mass is 9.97. The zero-order valence-corrected chi connectivity index (χ0v) is 20.3. The van der Waals surface area contributed by atoms with E-state index in [9.17, 15) is 9.59 Å². The summed E-state index contributed by atoms with van der Waals surface area (Å²) in [5, 5.41) is 9.46. The molecular weight excluding hydrogens is 481 g/mol. The summed E-state index contributed by atoms with van der Waals surface area (Å²) in [4.78, 5) is 42.6. The van der Waals surface area contributed by atoms with Crippen molar-refractivity contribution in [2.45, 2.75) is 38.3 Å². The van der Waals surface area contributed by atoms with Gasteiger partial charge >= 0.3 is 5.97 Å². The number of halogens is 2. The van der Waals surface area contributed by atoms with Crippen LogP contribution in [-0.4, -0.2) is 86.5 Å². The molecule has 1 amide bonds. The van der Waals surface area contributed by atoms with Crippen molar-refractivity contribution in [1.29, 1.82) is 0 Å². The van der Waals surface area contributed by atoms with Crippen LogP contribution in [0.2, 0.25) is 10.3 Å². The van der Waals surface area contributed by atoms with Crippen LogP contribution in [-0.2, 0) is 0 Å². The van der Waals surface area contributed by atoms with Crippen LogP contribution in [0, 0.1) is 0 Å². The number of nitrogens with zero attached hydrogens (tertiary/aromatic N) is 6. The van der Waals surface area contributed by atoms with Crippen molar-refractivity contribution >= 4 is 46.7 Å². The molecule has 0 radical (unpaired) electrons. The largest absolute Gasteiger partial charge is 0.476 e. The predicted molar refractivity (Wildman–Crippen MR) is 130 cm³/mol. The van der Waals surface area contributed by atoms with Crippen molar-refractivity contribution in [3.8, 4) is 0 Å². The maximum Gasteiger partial charge on any atom is 0.356 e. The van der Waals surface area contributed by atoms with Gasteiger partial charge in [-0.1, -0.05) is 30.1 Å². The number of carboxylic acids is 1. The van der Waals surface area contributed by atoms with Gasteiger partial charge in [-0.3, -0.25) is 9.69 Å². The lowest BCUT2D eigenvalue weighted by Crippen LogP contribution is -2.58. The van der Waals surface area contributed by atoms with Crippen molar-refractivity contribution in [2.75, 3.05) is 43.4 Å². The standard InChI is InChI=1S/C22H27Cl2N7O3/c1-2-13-12-30(20-18(24)27-16(11-26-20)22(33)34)9-10-31(13)14-5-7-29(8-6-14)21(32)15-3-4-17(23)28-19(15)25/h3-4,11,13-14H,2,5-10,12H2,1H3,(H2,25,28)(H,33,34)/t13-/m0/s1. The number of likely N-dealkylation sites (tertiary alicyclic amines) is 1. The third-order valence-corrected chi connectivity index (χ3v) is 7.04. The number of rotatable bonds is 5. The zero-order valence-electron chi connectivity index (χ0n) is 18.8. The number of nitrogen functional groups attached to an aromatic ring is 1. The molecular formula is C22H27Cl2N7O3. The predicted octanol–water partition coefficient (Wildman–Crippen LogP) is 2.66. The molecule has 34 heavy (non-hydrogen) atoms. The summed E-state index contributed by atoms with van der Waals surface area (Å²) >= 11 is 12.1. The van der Waals surface area contributed by atoms with Crippen LogP contribution in [0.3, 0.4) is 0 Å². The van der Waals surface area contributed by atoms with E-state index in [1.54, 1.807) is 12.1 Å². The highest BCUT2D eigenvalue weighted by atomic mass is 35.5. The van der Waals surface area contributed by atoms with Gasteiger partial charge in [-0.2, -0.15) is 0 Å². The van der Waals surface area contributed by atoms with Gasteiger partial charge in [0, 0.05) is 44.8 Å². The Morgan fingerprint density at radius 3 is 2.50 bits per heavy atom. The van der Waals surface area contributed by atoms with E-state index in [4.69, 9.17) is 34.0 Å². The summed E-state index contributed by atoms with van der Waals surface area (Å²) in [7, 11) is 0. The molecule has 2 saturated heterocycles. The van der Waals surface area contributed by atoms with E-state index in [-0.39, 0.29) is 33.8 Å². The van der Waals surface area contributed by atoms with Gasteiger partial charge in [0.25, 0.3) is 5.91 Å². The van der Waals surface area contributed by atoms with Crippen LogP contribution in [0.1, 0.15) is 47.0 Å². The van der Waals surface area contributed by atoms with Crippen molar-refractivity contribution in [3.05, 3.63) is 39.9 Å². The lowest BCUT2D eigenvalue weighted by molar-refractivity contribution is 0.0491. The highest BCUT2D eigenvalue weighted by Gasteiger charge is 2.35. The number of amides is 1. The molecule has 2 aliphatic heterocycles. The average molecular weight is 508 g/mol. The first-order valence-corrected chi connectivity index (χ1v) is 12.0. The monoisotopic (exact) mass is 507 g/mol. The number of carbonyl (C=O) groups is 2. The molecule has 2 fully saturated rings. The molecule has 4 rings (SSSR count). The van der Waals surface area contributed by atoms with Crippen LogP contribution in [0.4, 0.5) is 11.6 Å². The van der Waals surface area contributed by atoms with Crippen molar-refractivity contribution in [2.24, 2.45) is 0 Å². The molecule has 10 nitrogen and oxygen atoms in total. The van der Waals surface area contributed by atoms with Gasteiger partial charge in [0.2, 0.25) is 0 Å². The minimum Gasteiger partial charge on any atom is -0.476 e. The molecule has 2 aromatic heterocycles. The fraction of sp³-hybridized carbons (Fsp3) is 0.500. The first-order valence-electron chi connectivity index (χ1n) is 11.3. The molecule has 2 aliphatic rings. The molecule has 0 unspecified atom stereocenters. The molecule has 3 N–H and O–H groups in total. The molecule has 2 aromatic rings. The number of pyridine rings is 1. The van der Waals surface area contributed by atoms with E-state index in [0.29, 0.717) is 37.1 Å². The Bertz CT molecular complexity index is 1080. The number of carboxylic acid groups (broad SMARTS) is 1. The number of piperidine rings is 1. The Morgan fingerprint density at radius 2 is 1.88 bits per heavy atom. The number of hydrogen-bond donors (Lipinski definition) is 2. The molecule has 4 heterocycles. The number of nitrogens with two attached hydrogens (primary N) is 1. The summed E-state index contributed by atoms with van der Waals surface area (Å²) in [6, 6.07) is 3.86. The SMILES string of the molecule is CC[C@H]1CN(c2ncc(C(=O)O)nc2Cl)CCN1C1CCN(C(=O)c2ccc(Cl)nc2N)CC1. The Labute approximate surface area is 207 Å². The van der Waals surface area contributed by atoms with E-state index in [1.165, 1.54) is 6.20 Å². The van der Waals surface area contributed by atoms with Gasteiger partial charge in [-0.25, -0.2) is 19.7 Å². The number of hydrogen-bond acceptors (Lipinski definition) is 8. The van der Waals surface area contributed by atoms with Gasteiger partial charge in [0.05, 0.1) is 11.8 Å². The van der Waals surface area contributed by atoms with E-state index < -0.39 is 5.97 Å². The summed E-state index contributed by atoms with van der Waals surface area (Å²) in [5.41, 5.74) is 6.11. The molecule has 0 spiro atoms. The smallest absolute Gasteiger partial charge is 0.356 e. The fourth-order valence-corrected chi connectivity index (χ4v) is 5.20. The van der Waals surface area contributed by atoms with Crippen molar-refractivity contribution in [1.82, 2.24) is 24.8 Å². The second kappa shape index (κ2) is 10.3. The van der Waals surface area contributed by atoms with Gasteiger partial charge in [-0.15, -0.1) is 0 Å². The lowest BCUT2D eigenvalue weighted by Gasteiger charge is -2.47. The highest BCUT2D eigenvalue weighted by molar-refractivity contribution is 6.31. The maximum absolute atomic E-state index is 12.9. The number of carbonyl (C=O) groups excluding carboxylic acids is 1. The number of aromatic nitrogens is 3. The average Bonchev–Trinajstić information content (AvgIpc) is 2.83. The summed E-state index contributed by atoms with van der Waals surface area (Å²) in [6.07, 6.45) is 3.93. The molecule has 1 atom stereocenters. The second-order valence-electron chi connectivity index (χ2n) is 8.51. The minimum absolute atomic E-state index is 0.103. The fourth-order valence-electron chi connectivity index (χ4n) is 4.78. The Balaban J connectivity index is 1.38. The van der Waals surface area contributed by atoms with E-state index in [2.05, 4.69) is 31.7 Å². The maximum atomic E-state index is 12.9. The van der Waals surface area contributed by atoms with Crippen LogP contribution in [0.5, 0.6) is 0 Å². The first kappa shape index (κ1) is 24.4. The topological polar surface area (TPSA) is 129 Å². The van der Waals surface area contributed by atoms with Crippen molar-refractivity contribution < 1.29 is 14.7 Å². The molecule has 0 saturated carbocycles. The van der Waals surface area contributed by atoms with Crippen LogP contribution in [0.15, 0.2) is 18.3 Å². The van der Waals surface area contributed by atoms with Gasteiger partial charge in [0.15, 0.2) is 16.7 Å². The second-order valence-corrected chi connectivity index (χ2v) is 9.26. The Hall–Kier alpha value is -2.69. The van der Waals surface area contributed by atoms with Gasteiger partial charge < -0.3 is 20.6 Å². The number of aromatic carboxylic acids is 1. The molecule has 182 valence electrons. The quantitative estimate of drug-likeness (QED) is 0.586. The summed E-state index contributed by atoms with van der Waals surface area (Å²) in [5.74, 6) is -0.605. The van der Waals surface area contributed by atoms with Gasteiger partial charge in [0.1, 0.15) is 11.0 Å². The number of piperazine rings is 1. The van der Waals surface area contributed by atoms with Crippen molar-refractivity contribution in [3.63, 3.8) is 0 Å². The van der Waals surface area contributed by atoms with Gasteiger partial charge in [-0.05, 0) is 31.4 Å². The zero-order chi connectivity index (χ0) is 24.4. The Kier molecular flexibility index (Phi) is 7.39. The molecule has 0 bridgehead atoms. The van der Waals surface area contributed by atoms with Crippen LogP contribution in [0.25, 0.3) is 0 Å². The van der Waals surface area contributed by atoms with E-state index in [0.717, 1.165) is 32.4 Å². The molecule has 12 heteroatoms. The van der Waals surface area contributed by atoms with E-state index >= 15 is 0 Å². The number of anilines is 2. The first-order chi connectivity index (χ1) is 16.3. The summed E-state index contributed by atoms with van der Waals surface area (Å²) < 4.78 is 0. The van der Waals surface area contributed by atoms with E-state index in [1.807, 2.05) is 4.90 Å².